The summed E-state index contributed by atoms with van der Waals surface area (Å²) in [5.74, 6) is -0.699. The molecular formula is C22H27F2IN4O. The van der Waals surface area contributed by atoms with Crippen molar-refractivity contribution in [1.29, 1.82) is 0 Å². The fourth-order valence-electron chi connectivity index (χ4n) is 3.11. The number of halogens is 3. The Bertz CT molecular complexity index is 886. The fourth-order valence-corrected chi connectivity index (χ4v) is 3.11. The smallest absolute Gasteiger partial charge is 0.241 e. The zero-order chi connectivity index (χ0) is 20.9. The van der Waals surface area contributed by atoms with Gasteiger partial charge in [0.1, 0.15) is 11.6 Å². The van der Waals surface area contributed by atoms with Crippen LogP contribution in [0.4, 0.5) is 8.78 Å². The van der Waals surface area contributed by atoms with Crippen LogP contribution in [0, 0.1) is 11.6 Å². The summed E-state index contributed by atoms with van der Waals surface area (Å²) < 4.78 is 27.5. The number of rotatable bonds is 7. The molecule has 5 nitrogen and oxygen atoms in total. The third-order valence-corrected chi connectivity index (χ3v) is 5.12. The van der Waals surface area contributed by atoms with Crippen LogP contribution in [0.2, 0.25) is 0 Å². The molecule has 3 rings (SSSR count). The predicted octanol–water partition coefficient (Wildman–Crippen LogP) is 3.44. The molecule has 1 fully saturated rings. The third kappa shape index (κ3) is 6.38. The van der Waals surface area contributed by atoms with Gasteiger partial charge >= 0.3 is 0 Å². The van der Waals surface area contributed by atoms with Gasteiger partial charge in [0.15, 0.2) is 5.96 Å². The number of nitrogens with one attached hydrogen (secondary N) is 2. The highest BCUT2D eigenvalue weighted by atomic mass is 127. The highest BCUT2D eigenvalue weighted by Crippen LogP contribution is 2.48. The second-order valence-electron chi connectivity index (χ2n) is 7.55. The van der Waals surface area contributed by atoms with E-state index in [4.69, 9.17) is 0 Å². The zero-order valence-electron chi connectivity index (χ0n) is 17.1. The molecule has 162 valence electrons. The molecule has 2 aromatic carbocycles. The van der Waals surface area contributed by atoms with Gasteiger partial charge in [0, 0.05) is 32.1 Å². The first-order valence-corrected chi connectivity index (χ1v) is 9.61. The summed E-state index contributed by atoms with van der Waals surface area (Å²) in [6.07, 6.45) is 1.62. The van der Waals surface area contributed by atoms with E-state index in [9.17, 15) is 13.6 Å². The van der Waals surface area contributed by atoms with Gasteiger partial charge in [-0.3, -0.25) is 4.79 Å². The van der Waals surface area contributed by atoms with Gasteiger partial charge in [0.2, 0.25) is 5.91 Å². The molecule has 0 atom stereocenters. The van der Waals surface area contributed by atoms with Crippen LogP contribution < -0.4 is 10.6 Å². The third-order valence-electron chi connectivity index (χ3n) is 5.12. The Morgan fingerprint density at radius 1 is 1.10 bits per heavy atom. The van der Waals surface area contributed by atoms with E-state index < -0.39 is 11.6 Å². The molecule has 8 heteroatoms. The molecule has 2 aromatic rings. The molecule has 0 aliphatic heterocycles. The number of carbonyl (C=O) groups is 1. The van der Waals surface area contributed by atoms with Crippen molar-refractivity contribution in [2.24, 2.45) is 4.99 Å². The van der Waals surface area contributed by atoms with E-state index in [1.807, 2.05) is 30.3 Å². The Kier molecular flexibility index (Phi) is 8.57. The van der Waals surface area contributed by atoms with Crippen LogP contribution in [0.3, 0.4) is 0 Å². The predicted molar refractivity (Wildman–Crippen MR) is 125 cm³/mol. The lowest BCUT2D eigenvalue weighted by Crippen LogP contribution is -2.45. The standard InChI is InChI=1S/C22H26F2N4O.HI/c1-28(2)20(29)14-26-21(25-13-16-6-4-3-5-7-16)27-15-22(10-11-22)18-9-8-17(23)12-19(18)24;/h3-9,12H,10-11,13-15H2,1-2H3,(H2,25,26,27);1H. The van der Waals surface area contributed by atoms with E-state index in [-0.39, 0.29) is 41.8 Å². The quantitative estimate of drug-likeness (QED) is 0.329. The lowest BCUT2D eigenvalue weighted by atomic mass is 9.95. The number of hydrogen-bond acceptors (Lipinski definition) is 2. The van der Waals surface area contributed by atoms with Gasteiger partial charge < -0.3 is 15.5 Å². The maximum absolute atomic E-state index is 14.3. The minimum absolute atomic E-state index is 0. The summed E-state index contributed by atoms with van der Waals surface area (Å²) in [4.78, 5) is 18.0. The van der Waals surface area contributed by atoms with Crippen molar-refractivity contribution in [1.82, 2.24) is 15.5 Å². The summed E-state index contributed by atoms with van der Waals surface area (Å²) in [5, 5.41) is 6.28. The highest BCUT2D eigenvalue weighted by Gasteiger charge is 2.46. The van der Waals surface area contributed by atoms with Crippen molar-refractivity contribution in [2.45, 2.75) is 24.8 Å². The molecule has 0 heterocycles. The van der Waals surface area contributed by atoms with E-state index in [0.717, 1.165) is 24.5 Å². The minimum atomic E-state index is -0.580. The zero-order valence-corrected chi connectivity index (χ0v) is 19.5. The number of nitrogens with zero attached hydrogens (tertiary/aromatic N) is 2. The first-order valence-electron chi connectivity index (χ1n) is 9.61. The van der Waals surface area contributed by atoms with Crippen LogP contribution >= 0.6 is 24.0 Å². The summed E-state index contributed by atoms with van der Waals surface area (Å²) in [6.45, 7) is 1.00. The molecule has 0 bridgehead atoms. The van der Waals surface area contributed by atoms with Crippen LogP contribution in [0.25, 0.3) is 0 Å². The van der Waals surface area contributed by atoms with Gasteiger partial charge in [-0.1, -0.05) is 36.4 Å². The number of aliphatic imine (C=N–C) groups is 1. The van der Waals surface area contributed by atoms with Gasteiger partial charge in [0.05, 0.1) is 13.1 Å². The molecule has 2 N–H and O–H groups in total. The summed E-state index contributed by atoms with van der Waals surface area (Å²) in [6, 6.07) is 13.5. The second kappa shape index (κ2) is 10.7. The number of guanidine groups is 1. The summed E-state index contributed by atoms with van der Waals surface area (Å²) in [5.41, 5.74) is 1.18. The molecule has 1 aliphatic carbocycles. The van der Waals surface area contributed by atoms with Crippen LogP contribution in [-0.2, 0) is 16.8 Å². The number of likely N-dealkylation sites (N-methyl/N-ethyl adjacent to an activating group) is 1. The van der Waals surface area contributed by atoms with Gasteiger partial charge in [0.25, 0.3) is 0 Å². The Morgan fingerprint density at radius 2 is 1.80 bits per heavy atom. The van der Waals surface area contributed by atoms with Crippen molar-refractivity contribution in [3.63, 3.8) is 0 Å². The Balaban J connectivity index is 0.00000320. The molecule has 0 spiro atoms. The second-order valence-corrected chi connectivity index (χ2v) is 7.55. The van der Waals surface area contributed by atoms with Gasteiger partial charge in [-0.15, -0.1) is 24.0 Å². The average Bonchev–Trinajstić information content (AvgIpc) is 3.48. The van der Waals surface area contributed by atoms with E-state index >= 15 is 0 Å². The maximum atomic E-state index is 14.3. The molecule has 1 aliphatic rings. The van der Waals surface area contributed by atoms with Crippen molar-refractivity contribution in [2.75, 3.05) is 27.2 Å². The lowest BCUT2D eigenvalue weighted by Gasteiger charge is -2.20. The van der Waals surface area contributed by atoms with E-state index in [2.05, 4.69) is 15.6 Å². The van der Waals surface area contributed by atoms with E-state index in [1.54, 1.807) is 14.1 Å². The SMILES string of the molecule is CN(C)C(=O)CNC(=NCc1ccccc1)NCC1(c2ccc(F)cc2F)CC1.I. The molecule has 30 heavy (non-hydrogen) atoms. The fraction of sp³-hybridized carbons (Fsp3) is 0.364. The van der Waals surface area contributed by atoms with Crippen molar-refractivity contribution in [3.05, 3.63) is 71.3 Å². The Hall–Kier alpha value is -2.23. The maximum Gasteiger partial charge on any atom is 0.241 e. The Morgan fingerprint density at radius 3 is 2.40 bits per heavy atom. The molecule has 1 saturated carbocycles. The van der Waals surface area contributed by atoms with E-state index in [0.29, 0.717) is 24.6 Å². The summed E-state index contributed by atoms with van der Waals surface area (Å²) >= 11 is 0. The van der Waals surface area contributed by atoms with Crippen molar-refractivity contribution in [3.8, 4) is 0 Å². The molecule has 1 amide bonds. The van der Waals surface area contributed by atoms with Crippen LogP contribution in [0.15, 0.2) is 53.5 Å². The van der Waals surface area contributed by atoms with Gasteiger partial charge in [-0.25, -0.2) is 13.8 Å². The average molecular weight is 528 g/mol. The minimum Gasteiger partial charge on any atom is -0.355 e. The van der Waals surface area contributed by atoms with Gasteiger partial charge in [-0.2, -0.15) is 0 Å². The van der Waals surface area contributed by atoms with Gasteiger partial charge in [-0.05, 0) is 30.0 Å². The Labute approximate surface area is 193 Å². The molecule has 0 unspecified atom stereocenters. The van der Waals surface area contributed by atoms with Crippen LogP contribution in [0.5, 0.6) is 0 Å². The molecule has 0 saturated heterocycles. The first kappa shape index (κ1) is 24.0. The number of hydrogen-bond donors (Lipinski definition) is 2. The number of carbonyl (C=O) groups excluding carboxylic acids is 1. The molecule has 0 radical (unpaired) electrons. The van der Waals surface area contributed by atoms with Crippen LogP contribution in [-0.4, -0.2) is 44.0 Å². The summed E-state index contributed by atoms with van der Waals surface area (Å²) in [7, 11) is 3.38. The van der Waals surface area contributed by atoms with Crippen LogP contribution in [0.1, 0.15) is 24.0 Å². The topological polar surface area (TPSA) is 56.7 Å². The number of amides is 1. The molecule has 0 aromatic heterocycles. The number of benzene rings is 2. The van der Waals surface area contributed by atoms with E-state index in [1.165, 1.54) is 17.0 Å². The van der Waals surface area contributed by atoms with Crippen molar-refractivity contribution < 1.29 is 13.6 Å². The largest absolute Gasteiger partial charge is 0.355 e. The molecular weight excluding hydrogens is 501 g/mol. The lowest BCUT2D eigenvalue weighted by molar-refractivity contribution is -0.127. The highest BCUT2D eigenvalue weighted by molar-refractivity contribution is 14.0. The van der Waals surface area contributed by atoms with Crippen molar-refractivity contribution >= 4 is 35.8 Å². The monoisotopic (exact) mass is 528 g/mol. The normalized spacial score (nSPS) is 14.5. The first-order chi connectivity index (χ1) is 13.9.